The number of rotatable bonds is 6. The maximum atomic E-state index is 12.4. The summed E-state index contributed by atoms with van der Waals surface area (Å²) in [6.07, 6.45) is 2.54. The van der Waals surface area contributed by atoms with Gasteiger partial charge >= 0.3 is 5.97 Å². The Balaban J connectivity index is 2.04. The van der Waals surface area contributed by atoms with Gasteiger partial charge in [-0.05, 0) is 25.8 Å². The van der Waals surface area contributed by atoms with E-state index in [0.717, 1.165) is 6.07 Å². The summed E-state index contributed by atoms with van der Waals surface area (Å²) < 4.78 is 5.01. The first-order valence-electron chi connectivity index (χ1n) is 8.63. The molecule has 1 N–H and O–H groups in total. The predicted octanol–water partition coefficient (Wildman–Crippen LogP) is 2.87. The molecule has 2 rings (SSSR count). The lowest BCUT2D eigenvalue weighted by molar-refractivity contribution is -0.384. The monoisotopic (exact) mass is 406 g/mol. The van der Waals surface area contributed by atoms with E-state index < -0.39 is 10.8 Å². The minimum atomic E-state index is -0.725. The number of esters is 1. The number of carbonyl (C=O) groups excluding carboxylic acids is 2. The number of piperidine rings is 1. The molecule has 0 aliphatic carbocycles. The SMILES string of the molecule is CCOC(=O)C1CCN(/C=C(/C#N)C(=O)Nc2cc([N+](=O)[O-])ccc2Cl)CC1. The number of benzene rings is 1. The molecule has 28 heavy (non-hydrogen) atoms. The van der Waals surface area contributed by atoms with Crippen LogP contribution in [0.3, 0.4) is 0 Å². The summed E-state index contributed by atoms with van der Waals surface area (Å²) in [5.74, 6) is -1.14. The standard InChI is InChI=1S/C18H19ClN4O5/c1-2-28-18(25)12-5-7-22(8-6-12)11-13(10-20)17(24)21-16-9-14(23(26)27)3-4-15(16)19/h3-4,9,11-12H,2,5-8H2,1H3,(H,21,24)/b13-11-. The van der Waals surface area contributed by atoms with Crippen molar-refractivity contribution in [1.29, 1.82) is 5.26 Å². The number of nitriles is 1. The van der Waals surface area contributed by atoms with Crippen molar-refractivity contribution < 1.29 is 19.2 Å². The number of hydrogen-bond acceptors (Lipinski definition) is 7. The first-order chi connectivity index (χ1) is 13.3. The van der Waals surface area contributed by atoms with Gasteiger partial charge in [-0.3, -0.25) is 19.7 Å². The average molecular weight is 407 g/mol. The third kappa shape index (κ3) is 5.44. The molecule has 1 saturated heterocycles. The minimum absolute atomic E-state index is 0.0445. The first kappa shape index (κ1) is 21.2. The van der Waals surface area contributed by atoms with Gasteiger partial charge in [0.1, 0.15) is 11.6 Å². The van der Waals surface area contributed by atoms with Crippen molar-refractivity contribution in [2.24, 2.45) is 5.92 Å². The number of non-ortho nitro benzene ring substituents is 1. The summed E-state index contributed by atoms with van der Waals surface area (Å²) in [6.45, 7) is 3.08. The number of anilines is 1. The molecule has 1 aromatic rings. The second-order valence-corrected chi connectivity index (χ2v) is 6.50. The van der Waals surface area contributed by atoms with Crippen molar-refractivity contribution in [2.75, 3.05) is 25.0 Å². The molecule has 0 unspecified atom stereocenters. The van der Waals surface area contributed by atoms with Crippen molar-refractivity contribution in [1.82, 2.24) is 4.90 Å². The van der Waals surface area contributed by atoms with Crippen LogP contribution in [0.15, 0.2) is 30.0 Å². The van der Waals surface area contributed by atoms with Gasteiger partial charge in [0.05, 0.1) is 28.2 Å². The zero-order valence-electron chi connectivity index (χ0n) is 15.2. The minimum Gasteiger partial charge on any atom is -0.466 e. The van der Waals surface area contributed by atoms with Crippen LogP contribution in [0.4, 0.5) is 11.4 Å². The summed E-state index contributed by atoms with van der Waals surface area (Å²) in [7, 11) is 0. The van der Waals surface area contributed by atoms with Crippen LogP contribution in [-0.4, -0.2) is 41.4 Å². The molecule has 1 aliphatic rings. The van der Waals surface area contributed by atoms with Crippen LogP contribution < -0.4 is 5.32 Å². The molecular weight excluding hydrogens is 388 g/mol. The van der Waals surface area contributed by atoms with Crippen LogP contribution in [0.25, 0.3) is 0 Å². The summed E-state index contributed by atoms with van der Waals surface area (Å²) in [6, 6.07) is 5.46. The van der Waals surface area contributed by atoms with Gasteiger partial charge in [0, 0.05) is 31.4 Å². The topological polar surface area (TPSA) is 126 Å². The van der Waals surface area contributed by atoms with Gasteiger partial charge in [0.2, 0.25) is 0 Å². The molecule has 1 aliphatic heterocycles. The zero-order chi connectivity index (χ0) is 20.7. The Labute approximate surface area is 166 Å². The predicted molar refractivity (Wildman–Crippen MR) is 101 cm³/mol. The van der Waals surface area contributed by atoms with E-state index in [2.05, 4.69) is 5.32 Å². The number of nitrogens with zero attached hydrogens (tertiary/aromatic N) is 3. The molecule has 1 fully saturated rings. The van der Waals surface area contributed by atoms with Crippen molar-refractivity contribution in [3.05, 3.63) is 45.1 Å². The zero-order valence-corrected chi connectivity index (χ0v) is 15.9. The van der Waals surface area contributed by atoms with Crippen molar-refractivity contribution in [3.63, 3.8) is 0 Å². The summed E-state index contributed by atoms with van der Waals surface area (Å²) >= 11 is 5.96. The van der Waals surface area contributed by atoms with Gasteiger partial charge in [-0.1, -0.05) is 11.6 Å². The highest BCUT2D eigenvalue weighted by Crippen LogP contribution is 2.27. The molecule has 10 heteroatoms. The fourth-order valence-electron chi connectivity index (χ4n) is 2.76. The van der Waals surface area contributed by atoms with Gasteiger partial charge in [0.15, 0.2) is 0 Å². The molecule has 1 amide bonds. The van der Waals surface area contributed by atoms with Crippen LogP contribution in [0, 0.1) is 27.4 Å². The summed E-state index contributed by atoms with van der Waals surface area (Å²) in [5, 5.41) is 22.7. The molecule has 0 aromatic heterocycles. The van der Waals surface area contributed by atoms with Crippen LogP contribution in [0.2, 0.25) is 5.02 Å². The van der Waals surface area contributed by atoms with Gasteiger partial charge < -0.3 is 15.0 Å². The Bertz CT molecular complexity index is 841. The van der Waals surface area contributed by atoms with E-state index in [-0.39, 0.29) is 33.9 Å². The molecule has 9 nitrogen and oxygen atoms in total. The van der Waals surface area contributed by atoms with Crippen molar-refractivity contribution >= 4 is 34.9 Å². The molecule has 0 saturated carbocycles. The Morgan fingerprint density at radius 1 is 1.46 bits per heavy atom. The number of hydrogen-bond donors (Lipinski definition) is 1. The largest absolute Gasteiger partial charge is 0.466 e. The van der Waals surface area contributed by atoms with E-state index in [4.69, 9.17) is 16.3 Å². The van der Waals surface area contributed by atoms with Gasteiger partial charge in [-0.25, -0.2) is 0 Å². The van der Waals surface area contributed by atoms with Crippen LogP contribution in [0.5, 0.6) is 0 Å². The maximum Gasteiger partial charge on any atom is 0.309 e. The number of carbonyl (C=O) groups is 2. The number of nitro groups is 1. The van der Waals surface area contributed by atoms with E-state index in [0.29, 0.717) is 32.5 Å². The number of ether oxygens (including phenoxy) is 1. The van der Waals surface area contributed by atoms with Crippen molar-refractivity contribution in [3.8, 4) is 6.07 Å². The summed E-state index contributed by atoms with van der Waals surface area (Å²) in [5.41, 5.74) is -0.358. The van der Waals surface area contributed by atoms with E-state index in [9.17, 15) is 25.0 Å². The molecule has 0 spiro atoms. The van der Waals surface area contributed by atoms with Crippen LogP contribution in [0.1, 0.15) is 19.8 Å². The van der Waals surface area contributed by atoms with E-state index >= 15 is 0 Å². The maximum absolute atomic E-state index is 12.4. The second kappa shape index (κ2) is 9.71. The van der Waals surface area contributed by atoms with E-state index in [1.807, 2.05) is 6.07 Å². The number of halogens is 1. The molecule has 1 heterocycles. The lowest BCUT2D eigenvalue weighted by Crippen LogP contribution is -2.34. The lowest BCUT2D eigenvalue weighted by Gasteiger charge is -2.30. The highest BCUT2D eigenvalue weighted by Gasteiger charge is 2.25. The Morgan fingerprint density at radius 3 is 2.71 bits per heavy atom. The normalized spacial score (nSPS) is 14.9. The fraction of sp³-hybridized carbons (Fsp3) is 0.389. The Hall–Kier alpha value is -3.12. The first-order valence-corrected chi connectivity index (χ1v) is 9.01. The quantitative estimate of drug-likeness (QED) is 0.253. The number of likely N-dealkylation sites (tertiary alicyclic amines) is 1. The highest BCUT2D eigenvalue weighted by molar-refractivity contribution is 6.34. The third-order valence-corrected chi connectivity index (χ3v) is 4.56. The fourth-order valence-corrected chi connectivity index (χ4v) is 2.92. The third-order valence-electron chi connectivity index (χ3n) is 4.24. The second-order valence-electron chi connectivity index (χ2n) is 6.09. The van der Waals surface area contributed by atoms with E-state index in [1.165, 1.54) is 18.3 Å². The molecule has 1 aromatic carbocycles. The van der Waals surface area contributed by atoms with Crippen LogP contribution >= 0.6 is 11.6 Å². The number of nitro benzene ring substituents is 1. The molecule has 148 valence electrons. The molecular formula is C18H19ClN4O5. The number of amides is 1. The highest BCUT2D eigenvalue weighted by atomic mass is 35.5. The average Bonchev–Trinajstić information content (AvgIpc) is 2.68. The van der Waals surface area contributed by atoms with Crippen molar-refractivity contribution in [2.45, 2.75) is 19.8 Å². The Kier molecular flexibility index (Phi) is 7.35. The molecule has 0 bridgehead atoms. The van der Waals surface area contributed by atoms with Gasteiger partial charge in [-0.2, -0.15) is 5.26 Å². The summed E-state index contributed by atoms with van der Waals surface area (Å²) in [4.78, 5) is 36.2. The lowest BCUT2D eigenvalue weighted by atomic mass is 9.97. The van der Waals surface area contributed by atoms with E-state index in [1.54, 1.807) is 11.8 Å². The molecule has 0 radical (unpaired) electrons. The van der Waals surface area contributed by atoms with Crippen LogP contribution in [-0.2, 0) is 14.3 Å². The smallest absolute Gasteiger partial charge is 0.309 e. The van der Waals surface area contributed by atoms with Gasteiger partial charge in [-0.15, -0.1) is 0 Å². The number of nitrogens with one attached hydrogen (secondary N) is 1. The Morgan fingerprint density at radius 2 is 2.14 bits per heavy atom. The van der Waals surface area contributed by atoms with Gasteiger partial charge in [0.25, 0.3) is 11.6 Å². The molecule has 0 atom stereocenters.